The lowest BCUT2D eigenvalue weighted by atomic mass is 10.1. The van der Waals surface area contributed by atoms with Gasteiger partial charge in [0.25, 0.3) is 5.69 Å². The molecule has 0 bridgehead atoms. The van der Waals surface area contributed by atoms with E-state index in [0.29, 0.717) is 6.04 Å². The van der Waals surface area contributed by atoms with Crippen LogP contribution in [0.4, 0.5) is 11.4 Å². The van der Waals surface area contributed by atoms with Gasteiger partial charge in [0.15, 0.2) is 0 Å². The second-order valence-electron chi connectivity index (χ2n) is 5.79. The molecular formula is C15H23N3O2. The Bertz CT molecular complexity index is 502. The van der Waals surface area contributed by atoms with E-state index in [4.69, 9.17) is 0 Å². The van der Waals surface area contributed by atoms with Gasteiger partial charge in [-0.15, -0.1) is 0 Å². The highest BCUT2D eigenvalue weighted by atomic mass is 16.6. The smallest absolute Gasteiger partial charge is 0.274 e. The summed E-state index contributed by atoms with van der Waals surface area (Å²) in [5.74, 6) is 0. The van der Waals surface area contributed by atoms with Gasteiger partial charge >= 0.3 is 0 Å². The Morgan fingerprint density at radius 1 is 1.25 bits per heavy atom. The summed E-state index contributed by atoms with van der Waals surface area (Å²) in [5, 5.41) is 14.5. The van der Waals surface area contributed by atoms with E-state index < -0.39 is 0 Å². The zero-order valence-corrected chi connectivity index (χ0v) is 12.5. The quantitative estimate of drug-likeness (QED) is 0.681. The molecular weight excluding hydrogens is 254 g/mol. The number of nitrogens with one attached hydrogen (secondary N) is 1. The van der Waals surface area contributed by atoms with Crippen molar-refractivity contribution in [2.75, 3.05) is 25.5 Å². The molecule has 0 aromatic heterocycles. The molecule has 0 saturated carbocycles. The number of anilines is 1. The zero-order chi connectivity index (χ0) is 14.7. The molecule has 0 amide bonds. The highest BCUT2D eigenvalue weighted by Gasteiger charge is 2.18. The first-order valence-electron chi connectivity index (χ1n) is 7.18. The second-order valence-corrected chi connectivity index (χ2v) is 5.79. The number of likely N-dealkylation sites (tertiary alicyclic amines) is 1. The molecule has 1 aliphatic heterocycles. The summed E-state index contributed by atoms with van der Waals surface area (Å²) in [6.07, 6.45) is 3.37. The fraction of sp³-hybridized carbons (Fsp3) is 0.600. The van der Waals surface area contributed by atoms with Crippen LogP contribution in [0.5, 0.6) is 0 Å². The Morgan fingerprint density at radius 3 is 2.70 bits per heavy atom. The van der Waals surface area contributed by atoms with Gasteiger partial charge in [-0.25, -0.2) is 0 Å². The predicted molar refractivity (Wildman–Crippen MR) is 81.3 cm³/mol. The van der Waals surface area contributed by atoms with Crippen molar-refractivity contribution in [2.45, 2.75) is 39.2 Å². The highest BCUT2D eigenvalue weighted by molar-refractivity contribution is 5.60. The van der Waals surface area contributed by atoms with Gasteiger partial charge < -0.3 is 10.2 Å². The van der Waals surface area contributed by atoms with Crippen LogP contribution in [0, 0.1) is 24.0 Å². The van der Waals surface area contributed by atoms with Gasteiger partial charge in [-0.1, -0.05) is 0 Å². The molecule has 1 fully saturated rings. The number of benzene rings is 1. The van der Waals surface area contributed by atoms with Crippen molar-refractivity contribution in [1.82, 2.24) is 4.90 Å². The van der Waals surface area contributed by atoms with Crippen molar-refractivity contribution in [3.8, 4) is 0 Å². The standard InChI is InChI=1S/C15H23N3O2/c1-11-9-12(2)15(18(19)20)10-14(11)16-13-5-4-7-17(3)8-6-13/h9-10,13,16H,4-8H2,1-3H3. The first-order chi connectivity index (χ1) is 9.47. The van der Waals surface area contributed by atoms with Crippen LogP contribution in [0.15, 0.2) is 12.1 Å². The molecule has 0 aliphatic carbocycles. The normalized spacial score (nSPS) is 20.4. The third-order valence-corrected chi connectivity index (χ3v) is 4.05. The maximum absolute atomic E-state index is 11.0. The first kappa shape index (κ1) is 14.8. The minimum Gasteiger partial charge on any atom is -0.382 e. The molecule has 5 nitrogen and oxygen atoms in total. The monoisotopic (exact) mass is 277 g/mol. The Balaban J connectivity index is 2.16. The first-order valence-corrected chi connectivity index (χ1v) is 7.18. The largest absolute Gasteiger partial charge is 0.382 e. The van der Waals surface area contributed by atoms with E-state index in [0.717, 1.165) is 42.7 Å². The van der Waals surface area contributed by atoms with E-state index in [9.17, 15) is 10.1 Å². The number of rotatable bonds is 3. The molecule has 1 aliphatic rings. The molecule has 2 rings (SSSR count). The lowest BCUT2D eigenvalue weighted by molar-refractivity contribution is -0.385. The van der Waals surface area contributed by atoms with Crippen molar-refractivity contribution in [3.05, 3.63) is 33.4 Å². The van der Waals surface area contributed by atoms with Gasteiger partial charge in [0.05, 0.1) is 4.92 Å². The van der Waals surface area contributed by atoms with E-state index >= 15 is 0 Å². The zero-order valence-electron chi connectivity index (χ0n) is 12.5. The van der Waals surface area contributed by atoms with E-state index in [2.05, 4.69) is 17.3 Å². The number of hydrogen-bond donors (Lipinski definition) is 1. The van der Waals surface area contributed by atoms with Crippen LogP contribution in [0.25, 0.3) is 0 Å². The van der Waals surface area contributed by atoms with Crippen molar-refractivity contribution >= 4 is 11.4 Å². The fourth-order valence-electron chi connectivity index (χ4n) is 2.80. The number of nitro benzene ring substituents is 1. The Labute approximate surface area is 120 Å². The summed E-state index contributed by atoms with van der Waals surface area (Å²) < 4.78 is 0. The van der Waals surface area contributed by atoms with Crippen LogP contribution in [-0.2, 0) is 0 Å². The average molecular weight is 277 g/mol. The molecule has 1 aromatic rings. The number of nitro groups is 1. The minimum absolute atomic E-state index is 0.198. The molecule has 5 heteroatoms. The van der Waals surface area contributed by atoms with Gasteiger partial charge in [-0.3, -0.25) is 10.1 Å². The Kier molecular flexibility index (Phi) is 4.60. The topological polar surface area (TPSA) is 58.4 Å². The molecule has 1 aromatic carbocycles. The van der Waals surface area contributed by atoms with E-state index in [1.807, 2.05) is 13.0 Å². The van der Waals surface area contributed by atoms with E-state index in [1.54, 1.807) is 13.0 Å². The van der Waals surface area contributed by atoms with Crippen molar-refractivity contribution in [2.24, 2.45) is 0 Å². The van der Waals surface area contributed by atoms with Gasteiger partial charge in [-0.05, 0) is 64.9 Å². The van der Waals surface area contributed by atoms with Crippen LogP contribution < -0.4 is 5.32 Å². The average Bonchev–Trinajstić information content (AvgIpc) is 2.57. The summed E-state index contributed by atoms with van der Waals surface area (Å²) in [6, 6.07) is 3.98. The predicted octanol–water partition coefficient (Wildman–Crippen LogP) is 3.11. The van der Waals surface area contributed by atoms with Crippen LogP contribution >= 0.6 is 0 Å². The summed E-state index contributed by atoms with van der Waals surface area (Å²) in [4.78, 5) is 13.1. The summed E-state index contributed by atoms with van der Waals surface area (Å²) in [7, 11) is 2.14. The molecule has 1 atom stereocenters. The summed E-state index contributed by atoms with van der Waals surface area (Å²) in [6.45, 7) is 5.99. The summed E-state index contributed by atoms with van der Waals surface area (Å²) >= 11 is 0. The van der Waals surface area contributed by atoms with Gasteiger partial charge in [0.2, 0.25) is 0 Å². The summed E-state index contributed by atoms with van der Waals surface area (Å²) in [5.41, 5.74) is 2.89. The third-order valence-electron chi connectivity index (χ3n) is 4.05. The lowest BCUT2D eigenvalue weighted by Crippen LogP contribution is -2.23. The maximum atomic E-state index is 11.0. The number of hydrogen-bond acceptors (Lipinski definition) is 4. The number of aryl methyl sites for hydroxylation is 2. The van der Waals surface area contributed by atoms with Gasteiger partial charge in [0, 0.05) is 23.4 Å². The van der Waals surface area contributed by atoms with Crippen LogP contribution in [0.2, 0.25) is 0 Å². The molecule has 1 saturated heterocycles. The third kappa shape index (κ3) is 3.48. The number of nitrogens with zero attached hydrogens (tertiary/aromatic N) is 2. The maximum Gasteiger partial charge on any atom is 0.274 e. The van der Waals surface area contributed by atoms with Crippen molar-refractivity contribution in [3.63, 3.8) is 0 Å². The van der Waals surface area contributed by atoms with Crippen molar-refractivity contribution < 1.29 is 4.92 Å². The van der Waals surface area contributed by atoms with Crippen LogP contribution in [0.1, 0.15) is 30.4 Å². The molecule has 0 radical (unpaired) electrons. The molecule has 0 spiro atoms. The van der Waals surface area contributed by atoms with E-state index in [1.165, 1.54) is 6.42 Å². The van der Waals surface area contributed by atoms with Crippen LogP contribution in [0.3, 0.4) is 0 Å². The molecule has 1 heterocycles. The molecule has 110 valence electrons. The highest BCUT2D eigenvalue weighted by Crippen LogP contribution is 2.28. The molecule has 20 heavy (non-hydrogen) atoms. The second kappa shape index (κ2) is 6.22. The molecule has 1 unspecified atom stereocenters. The van der Waals surface area contributed by atoms with E-state index in [-0.39, 0.29) is 10.6 Å². The SMILES string of the molecule is Cc1cc(C)c([N+](=O)[O-])cc1NC1CCCN(C)CC1. The van der Waals surface area contributed by atoms with Gasteiger partial charge in [-0.2, -0.15) is 0 Å². The Hall–Kier alpha value is -1.62. The minimum atomic E-state index is -0.305. The van der Waals surface area contributed by atoms with Crippen LogP contribution in [-0.4, -0.2) is 36.0 Å². The van der Waals surface area contributed by atoms with Gasteiger partial charge in [0.1, 0.15) is 0 Å². The molecule has 1 N–H and O–H groups in total. The van der Waals surface area contributed by atoms with Crippen molar-refractivity contribution in [1.29, 1.82) is 0 Å². The fourth-order valence-corrected chi connectivity index (χ4v) is 2.80. The lowest BCUT2D eigenvalue weighted by Gasteiger charge is -2.19. The Morgan fingerprint density at radius 2 is 2.00 bits per heavy atom.